The lowest BCUT2D eigenvalue weighted by Gasteiger charge is -2.35. The van der Waals surface area contributed by atoms with E-state index in [-0.39, 0.29) is 24.0 Å². The van der Waals surface area contributed by atoms with Crippen LogP contribution in [-0.4, -0.2) is 40.1 Å². The second-order valence-corrected chi connectivity index (χ2v) is 12.1. The molecule has 0 fully saturated rings. The highest BCUT2D eigenvalue weighted by molar-refractivity contribution is 7.09. The summed E-state index contributed by atoms with van der Waals surface area (Å²) in [5.41, 5.74) is 8.20. The Morgan fingerprint density at radius 2 is 1.91 bits per heavy atom. The lowest BCUT2D eigenvalue weighted by molar-refractivity contribution is -0.154. The van der Waals surface area contributed by atoms with E-state index >= 15 is 0 Å². The predicted molar refractivity (Wildman–Crippen MR) is 143 cm³/mol. The molecule has 1 aliphatic heterocycles. The van der Waals surface area contributed by atoms with Crippen molar-refractivity contribution in [2.45, 2.75) is 99.3 Å². The molecule has 2 rings (SSSR count). The normalized spacial score (nSPS) is 33.7. The molecule has 0 saturated carbocycles. The number of aryl methyl sites for hydroxylation is 1. The fourth-order valence-corrected chi connectivity index (χ4v) is 5.36. The average molecular weight is 505 g/mol. The van der Waals surface area contributed by atoms with Gasteiger partial charge < -0.3 is 15.6 Å². The van der Waals surface area contributed by atoms with Crippen molar-refractivity contribution in [2.75, 3.05) is 0 Å². The van der Waals surface area contributed by atoms with Crippen molar-refractivity contribution in [3.05, 3.63) is 33.3 Å². The largest absolute Gasteiger partial charge is 0.456 e. The maximum atomic E-state index is 13.4. The van der Waals surface area contributed by atoms with Gasteiger partial charge in [-0.2, -0.15) is 0 Å². The Morgan fingerprint density at radius 3 is 2.51 bits per heavy atom. The van der Waals surface area contributed by atoms with E-state index in [0.29, 0.717) is 5.92 Å². The van der Waals surface area contributed by atoms with Crippen molar-refractivity contribution < 1.29 is 19.4 Å². The van der Waals surface area contributed by atoms with Gasteiger partial charge in [0.2, 0.25) is 0 Å². The summed E-state index contributed by atoms with van der Waals surface area (Å²) in [7, 11) is 0. The van der Waals surface area contributed by atoms with Crippen LogP contribution < -0.4 is 5.73 Å². The minimum absolute atomic E-state index is 0.0245. The molecule has 196 valence electrons. The van der Waals surface area contributed by atoms with Gasteiger partial charge in [-0.15, -0.1) is 11.3 Å². The summed E-state index contributed by atoms with van der Waals surface area (Å²) in [6.07, 6.45) is 4.63. The van der Waals surface area contributed by atoms with Crippen molar-refractivity contribution in [1.29, 1.82) is 0 Å². The molecule has 6 unspecified atom stereocenters. The lowest BCUT2D eigenvalue weighted by atomic mass is 9.70. The van der Waals surface area contributed by atoms with Crippen molar-refractivity contribution in [2.24, 2.45) is 28.9 Å². The molecule has 0 radical (unpaired) electrons. The van der Waals surface area contributed by atoms with Crippen LogP contribution in [0.2, 0.25) is 0 Å². The van der Waals surface area contributed by atoms with Crippen LogP contribution in [0.1, 0.15) is 84.9 Å². The molecule has 0 saturated heterocycles. The first-order valence-electron chi connectivity index (χ1n) is 12.7. The third-order valence-electron chi connectivity index (χ3n) is 7.70. The van der Waals surface area contributed by atoms with Gasteiger partial charge in [0.05, 0.1) is 34.7 Å². The highest BCUT2D eigenvalue weighted by Crippen LogP contribution is 2.35. The molecule has 7 heteroatoms. The van der Waals surface area contributed by atoms with E-state index < -0.39 is 29.6 Å². The second-order valence-electron chi connectivity index (χ2n) is 11.0. The van der Waals surface area contributed by atoms with Gasteiger partial charge in [-0.3, -0.25) is 9.59 Å². The van der Waals surface area contributed by atoms with Crippen LogP contribution in [0, 0.1) is 30.1 Å². The van der Waals surface area contributed by atoms with Gasteiger partial charge in [0.25, 0.3) is 0 Å². The molecule has 0 spiro atoms. The van der Waals surface area contributed by atoms with Crippen molar-refractivity contribution in [1.82, 2.24) is 4.98 Å². The Kier molecular flexibility index (Phi) is 10.4. The molecule has 0 bridgehead atoms. The number of ketones is 1. The molecule has 6 nitrogen and oxygen atoms in total. The van der Waals surface area contributed by atoms with E-state index in [0.717, 1.165) is 41.1 Å². The summed E-state index contributed by atoms with van der Waals surface area (Å²) in [5.74, 6) is -0.285. The third kappa shape index (κ3) is 7.83. The first kappa shape index (κ1) is 29.4. The van der Waals surface area contributed by atoms with E-state index in [2.05, 4.69) is 25.8 Å². The fourth-order valence-electron chi connectivity index (χ4n) is 4.79. The average Bonchev–Trinajstić information content (AvgIpc) is 3.19. The number of aromatic nitrogens is 1. The Morgan fingerprint density at radius 1 is 1.26 bits per heavy atom. The highest BCUT2D eigenvalue weighted by Gasteiger charge is 2.41. The molecule has 0 aliphatic carbocycles. The molecule has 2 heterocycles. The smallest absolute Gasteiger partial charge is 0.309 e. The van der Waals surface area contributed by atoms with Crippen LogP contribution in [0.3, 0.4) is 0 Å². The van der Waals surface area contributed by atoms with E-state index in [4.69, 9.17) is 10.5 Å². The van der Waals surface area contributed by atoms with Crippen LogP contribution in [0.25, 0.3) is 6.08 Å². The van der Waals surface area contributed by atoms with Gasteiger partial charge >= 0.3 is 5.97 Å². The van der Waals surface area contributed by atoms with Crippen molar-refractivity contribution in [3.8, 4) is 0 Å². The monoisotopic (exact) mass is 504 g/mol. The first-order valence-corrected chi connectivity index (χ1v) is 13.6. The Bertz CT molecular complexity index is 949. The van der Waals surface area contributed by atoms with Gasteiger partial charge in [0.15, 0.2) is 0 Å². The molecular weight excluding hydrogens is 460 g/mol. The zero-order chi connectivity index (χ0) is 26.5. The minimum atomic E-state index is -1.15. The molecular formula is C28H44N2O4S. The zero-order valence-corrected chi connectivity index (χ0v) is 23.4. The topological polar surface area (TPSA) is 103 Å². The number of aliphatic hydroxyl groups is 1. The number of carbonyl (C=O) groups excluding carboxylic acids is 2. The number of hydrogen-bond donors (Lipinski definition) is 2. The molecule has 3 N–H and O–H groups in total. The standard InChI is InChI=1S/C28H44N2O4S/c1-16-10-9-11-17(2)19(4)20(5)27(33)28(7,8)24(31)14-25(32)34-26(23(29)12-16)18(3)13-22-15-35-21(6)30-22/h12-13,15,17,19-20,23-24,26,31H,9-11,14,29H2,1-8H3/b16-12-,18-13+. The van der Waals surface area contributed by atoms with Crippen molar-refractivity contribution >= 4 is 29.2 Å². The summed E-state index contributed by atoms with van der Waals surface area (Å²) in [6, 6.07) is -0.536. The molecule has 35 heavy (non-hydrogen) atoms. The minimum Gasteiger partial charge on any atom is -0.456 e. The van der Waals surface area contributed by atoms with Gasteiger partial charge in [0.1, 0.15) is 11.9 Å². The lowest BCUT2D eigenvalue weighted by Crippen LogP contribution is -2.44. The zero-order valence-electron chi connectivity index (χ0n) is 22.6. The number of allylic oxidation sites excluding steroid dienone is 1. The van der Waals surface area contributed by atoms with E-state index in [1.54, 1.807) is 25.2 Å². The summed E-state index contributed by atoms with van der Waals surface area (Å²) >= 11 is 1.55. The summed E-state index contributed by atoms with van der Waals surface area (Å²) in [6.45, 7) is 15.5. The third-order valence-corrected chi connectivity index (χ3v) is 8.50. The van der Waals surface area contributed by atoms with Gasteiger partial charge in [-0.1, -0.05) is 52.7 Å². The Labute approximate surface area is 215 Å². The van der Waals surface area contributed by atoms with Gasteiger partial charge in [0, 0.05) is 11.3 Å². The number of nitrogens with two attached hydrogens (primary N) is 1. The summed E-state index contributed by atoms with van der Waals surface area (Å²) < 4.78 is 5.84. The molecule has 1 aromatic rings. The highest BCUT2D eigenvalue weighted by atomic mass is 32.1. The van der Waals surface area contributed by atoms with E-state index in [1.807, 2.05) is 38.3 Å². The first-order chi connectivity index (χ1) is 16.2. The number of thiazole rings is 1. The number of carbonyl (C=O) groups is 2. The number of hydrogen-bond acceptors (Lipinski definition) is 7. The number of Topliss-reactive ketones (excluding diaryl/α,β-unsaturated/α-hetero) is 1. The molecule has 0 amide bonds. The number of rotatable bonds is 2. The Balaban J connectivity index is 2.40. The second kappa shape index (κ2) is 12.4. The number of cyclic esters (lactones) is 1. The summed E-state index contributed by atoms with van der Waals surface area (Å²) in [5, 5.41) is 13.8. The van der Waals surface area contributed by atoms with E-state index in [1.165, 1.54) is 0 Å². The predicted octanol–water partition coefficient (Wildman–Crippen LogP) is 5.48. The molecule has 6 atom stereocenters. The van der Waals surface area contributed by atoms with Crippen LogP contribution in [0.4, 0.5) is 0 Å². The van der Waals surface area contributed by atoms with E-state index in [9.17, 15) is 14.7 Å². The van der Waals surface area contributed by atoms with Crippen LogP contribution in [0.5, 0.6) is 0 Å². The number of esters is 1. The number of nitrogens with zero attached hydrogens (tertiary/aromatic N) is 1. The molecule has 0 aromatic carbocycles. The van der Waals surface area contributed by atoms with Crippen LogP contribution in [-0.2, 0) is 14.3 Å². The maximum absolute atomic E-state index is 13.4. The van der Waals surface area contributed by atoms with Gasteiger partial charge in [-0.05, 0) is 57.1 Å². The number of ether oxygens (including phenoxy) is 1. The SMILES string of the molecule is C/C1=C/C(N)C(/C(C)=C/c2csc(C)n2)OC(=O)CC(O)C(C)(C)C(=O)C(C)C(C)C(C)CCC1. The fraction of sp³-hybridized carbons (Fsp3) is 0.679. The van der Waals surface area contributed by atoms with Crippen molar-refractivity contribution in [3.63, 3.8) is 0 Å². The maximum Gasteiger partial charge on any atom is 0.309 e. The van der Waals surface area contributed by atoms with Gasteiger partial charge in [-0.25, -0.2) is 4.98 Å². The summed E-state index contributed by atoms with van der Waals surface area (Å²) in [4.78, 5) is 30.8. The van der Waals surface area contributed by atoms with Crippen LogP contribution in [0.15, 0.2) is 22.6 Å². The molecule has 1 aromatic heterocycles. The quantitative estimate of drug-likeness (QED) is 0.408. The van der Waals surface area contributed by atoms with Crippen LogP contribution >= 0.6 is 11.3 Å². The number of aliphatic hydroxyl groups excluding tert-OH is 1. The molecule has 1 aliphatic rings. The Hall–Kier alpha value is -1.83.